The van der Waals surface area contributed by atoms with Gasteiger partial charge in [-0.15, -0.1) is 10.2 Å². The lowest BCUT2D eigenvalue weighted by molar-refractivity contribution is 0.102. The predicted octanol–water partition coefficient (Wildman–Crippen LogP) is 2.84. The quantitative estimate of drug-likeness (QED) is 0.926. The fourth-order valence-corrected chi connectivity index (χ4v) is 3.08. The molecule has 0 aliphatic carbocycles. The molecule has 2 aromatic rings. The summed E-state index contributed by atoms with van der Waals surface area (Å²) >= 11 is 0. The standard InChI is InChI=1S/C18H20N4O3/c23-18(19-13-5-7-15-16(11-13)25-12-24-15)14-6-8-17(21-20-14)22-9-3-1-2-4-10-22/h5-8,11H,1-4,9-10,12H2,(H,19,23). The van der Waals surface area contributed by atoms with Crippen LogP contribution in [0.1, 0.15) is 36.2 Å². The molecule has 0 spiro atoms. The Morgan fingerprint density at radius 1 is 0.960 bits per heavy atom. The number of nitrogens with one attached hydrogen (secondary N) is 1. The highest BCUT2D eigenvalue weighted by Gasteiger charge is 2.16. The van der Waals surface area contributed by atoms with Crippen molar-refractivity contribution < 1.29 is 14.3 Å². The van der Waals surface area contributed by atoms with E-state index in [0.29, 0.717) is 17.2 Å². The number of benzene rings is 1. The monoisotopic (exact) mass is 340 g/mol. The number of ether oxygens (including phenoxy) is 2. The summed E-state index contributed by atoms with van der Waals surface area (Å²) in [4.78, 5) is 14.6. The number of hydrogen-bond donors (Lipinski definition) is 1. The van der Waals surface area contributed by atoms with Crippen LogP contribution in [0.5, 0.6) is 11.5 Å². The minimum absolute atomic E-state index is 0.205. The Labute approximate surface area is 146 Å². The summed E-state index contributed by atoms with van der Waals surface area (Å²) in [5, 5.41) is 11.1. The molecule has 1 saturated heterocycles. The molecule has 0 bridgehead atoms. The number of amides is 1. The Kier molecular flexibility index (Phi) is 4.37. The lowest BCUT2D eigenvalue weighted by Gasteiger charge is -2.20. The highest BCUT2D eigenvalue weighted by atomic mass is 16.7. The van der Waals surface area contributed by atoms with Crippen LogP contribution >= 0.6 is 0 Å². The molecule has 7 nitrogen and oxygen atoms in total. The van der Waals surface area contributed by atoms with Crippen LogP contribution in [0.3, 0.4) is 0 Å². The van der Waals surface area contributed by atoms with Crippen LogP contribution in [-0.4, -0.2) is 36.0 Å². The van der Waals surface area contributed by atoms with Gasteiger partial charge >= 0.3 is 0 Å². The lowest BCUT2D eigenvalue weighted by Crippen LogP contribution is -2.25. The first-order valence-electron chi connectivity index (χ1n) is 8.59. The molecule has 4 rings (SSSR count). The molecule has 1 aromatic carbocycles. The molecule has 3 heterocycles. The van der Waals surface area contributed by atoms with E-state index in [4.69, 9.17) is 9.47 Å². The second-order valence-electron chi connectivity index (χ2n) is 6.20. The van der Waals surface area contributed by atoms with Crippen molar-refractivity contribution in [2.45, 2.75) is 25.7 Å². The number of hydrogen-bond acceptors (Lipinski definition) is 6. The van der Waals surface area contributed by atoms with Crippen LogP contribution in [-0.2, 0) is 0 Å². The minimum Gasteiger partial charge on any atom is -0.454 e. The molecule has 1 aromatic heterocycles. The second-order valence-corrected chi connectivity index (χ2v) is 6.20. The first-order chi connectivity index (χ1) is 12.3. The highest BCUT2D eigenvalue weighted by molar-refractivity contribution is 6.03. The van der Waals surface area contributed by atoms with Crippen molar-refractivity contribution in [1.29, 1.82) is 0 Å². The number of carbonyl (C=O) groups excluding carboxylic acids is 1. The van der Waals surface area contributed by atoms with E-state index in [-0.39, 0.29) is 18.4 Å². The van der Waals surface area contributed by atoms with Crippen molar-refractivity contribution in [2.75, 3.05) is 30.1 Å². The van der Waals surface area contributed by atoms with Gasteiger partial charge in [-0.05, 0) is 37.1 Å². The summed E-state index contributed by atoms with van der Waals surface area (Å²) in [5.41, 5.74) is 0.920. The second kappa shape index (κ2) is 6.96. The van der Waals surface area contributed by atoms with E-state index >= 15 is 0 Å². The largest absolute Gasteiger partial charge is 0.454 e. The maximum atomic E-state index is 12.4. The normalized spacial score (nSPS) is 16.4. The maximum absolute atomic E-state index is 12.4. The van der Waals surface area contributed by atoms with Gasteiger partial charge in [-0.2, -0.15) is 0 Å². The van der Waals surface area contributed by atoms with Crippen LogP contribution in [0, 0.1) is 0 Å². The zero-order valence-electron chi connectivity index (χ0n) is 13.9. The number of nitrogens with zero attached hydrogens (tertiary/aromatic N) is 3. The molecule has 25 heavy (non-hydrogen) atoms. The Morgan fingerprint density at radius 2 is 1.76 bits per heavy atom. The fourth-order valence-electron chi connectivity index (χ4n) is 3.08. The van der Waals surface area contributed by atoms with Crippen molar-refractivity contribution in [3.8, 4) is 11.5 Å². The van der Waals surface area contributed by atoms with Gasteiger partial charge < -0.3 is 19.7 Å². The summed E-state index contributed by atoms with van der Waals surface area (Å²) in [6.45, 7) is 2.20. The van der Waals surface area contributed by atoms with Gasteiger partial charge in [0.15, 0.2) is 23.0 Å². The Bertz CT molecular complexity index is 755. The highest BCUT2D eigenvalue weighted by Crippen LogP contribution is 2.34. The average molecular weight is 340 g/mol. The van der Waals surface area contributed by atoms with E-state index in [1.165, 1.54) is 25.7 Å². The smallest absolute Gasteiger partial charge is 0.276 e. The summed E-state index contributed by atoms with van der Waals surface area (Å²) in [6.07, 6.45) is 4.88. The van der Waals surface area contributed by atoms with Crippen LogP contribution in [0.25, 0.3) is 0 Å². The third kappa shape index (κ3) is 3.50. The van der Waals surface area contributed by atoms with Gasteiger partial charge in [0, 0.05) is 24.8 Å². The third-order valence-electron chi connectivity index (χ3n) is 4.44. The van der Waals surface area contributed by atoms with Gasteiger partial charge in [-0.3, -0.25) is 4.79 Å². The van der Waals surface area contributed by atoms with E-state index in [0.717, 1.165) is 18.9 Å². The first-order valence-corrected chi connectivity index (χ1v) is 8.59. The zero-order valence-corrected chi connectivity index (χ0v) is 13.9. The van der Waals surface area contributed by atoms with E-state index in [9.17, 15) is 4.79 Å². The molecule has 2 aliphatic rings. The summed E-state index contributed by atoms with van der Waals surface area (Å²) in [7, 11) is 0. The number of aromatic nitrogens is 2. The molecule has 1 fully saturated rings. The Hall–Kier alpha value is -2.83. The summed E-state index contributed by atoms with van der Waals surface area (Å²) in [5.74, 6) is 1.84. The summed E-state index contributed by atoms with van der Waals surface area (Å²) in [6, 6.07) is 8.86. The molecule has 0 unspecified atom stereocenters. The van der Waals surface area contributed by atoms with Crippen molar-refractivity contribution in [1.82, 2.24) is 10.2 Å². The van der Waals surface area contributed by atoms with E-state index < -0.39 is 0 Å². The van der Waals surface area contributed by atoms with Gasteiger partial charge in [-0.25, -0.2) is 0 Å². The van der Waals surface area contributed by atoms with Crippen molar-refractivity contribution >= 4 is 17.4 Å². The molecule has 130 valence electrons. The minimum atomic E-state index is -0.297. The number of rotatable bonds is 3. The molecule has 2 aliphatic heterocycles. The van der Waals surface area contributed by atoms with Crippen molar-refractivity contribution in [3.63, 3.8) is 0 Å². The van der Waals surface area contributed by atoms with Gasteiger partial charge in [-0.1, -0.05) is 12.8 Å². The van der Waals surface area contributed by atoms with Gasteiger partial charge in [0.2, 0.25) is 6.79 Å². The molecular formula is C18H20N4O3. The third-order valence-corrected chi connectivity index (χ3v) is 4.44. The van der Waals surface area contributed by atoms with Crippen LogP contribution < -0.4 is 19.7 Å². The summed E-state index contributed by atoms with van der Waals surface area (Å²) < 4.78 is 10.6. The van der Waals surface area contributed by atoms with Crippen LogP contribution in [0.4, 0.5) is 11.5 Å². The maximum Gasteiger partial charge on any atom is 0.276 e. The molecule has 1 N–H and O–H groups in total. The van der Waals surface area contributed by atoms with Crippen LogP contribution in [0.15, 0.2) is 30.3 Å². The Balaban J connectivity index is 1.43. The number of carbonyl (C=O) groups is 1. The SMILES string of the molecule is O=C(Nc1ccc2c(c1)OCO2)c1ccc(N2CCCCCC2)nn1. The Morgan fingerprint density at radius 3 is 2.52 bits per heavy atom. The lowest BCUT2D eigenvalue weighted by atomic mass is 10.2. The van der Waals surface area contributed by atoms with Gasteiger partial charge in [0.1, 0.15) is 0 Å². The number of fused-ring (bicyclic) bond motifs is 1. The van der Waals surface area contributed by atoms with E-state index in [2.05, 4.69) is 20.4 Å². The van der Waals surface area contributed by atoms with E-state index in [1.54, 1.807) is 24.3 Å². The fraction of sp³-hybridized carbons (Fsp3) is 0.389. The molecule has 0 radical (unpaired) electrons. The molecule has 7 heteroatoms. The zero-order chi connectivity index (χ0) is 17.1. The predicted molar refractivity (Wildman–Crippen MR) is 93.2 cm³/mol. The first kappa shape index (κ1) is 15.7. The van der Waals surface area contributed by atoms with Crippen molar-refractivity contribution in [2.24, 2.45) is 0 Å². The van der Waals surface area contributed by atoms with Crippen molar-refractivity contribution in [3.05, 3.63) is 36.0 Å². The van der Waals surface area contributed by atoms with Gasteiger partial charge in [0.25, 0.3) is 5.91 Å². The molecule has 0 saturated carbocycles. The van der Waals surface area contributed by atoms with Crippen LogP contribution in [0.2, 0.25) is 0 Å². The molecule has 1 amide bonds. The average Bonchev–Trinajstić information content (AvgIpc) is 2.94. The molecule has 0 atom stereocenters. The topological polar surface area (TPSA) is 76.6 Å². The number of anilines is 2. The molecular weight excluding hydrogens is 320 g/mol. The van der Waals surface area contributed by atoms with E-state index in [1.807, 2.05) is 6.07 Å². The van der Waals surface area contributed by atoms with Gasteiger partial charge in [0.05, 0.1) is 0 Å².